The van der Waals surface area contributed by atoms with E-state index in [1.807, 2.05) is 6.92 Å². The van der Waals surface area contributed by atoms with Gasteiger partial charge >= 0.3 is 0 Å². The van der Waals surface area contributed by atoms with Crippen LogP contribution in [-0.2, 0) is 10.0 Å². The topological polar surface area (TPSA) is 79.3 Å². The predicted octanol–water partition coefficient (Wildman–Crippen LogP) is 1.66. The molecule has 19 heavy (non-hydrogen) atoms. The Labute approximate surface area is 119 Å². The van der Waals surface area contributed by atoms with Gasteiger partial charge in [0.2, 0.25) is 0 Å². The SMILES string of the molecule is Cc1ccc(S(=O)(=O)Nc2ncc(C#CCO)s2)s1. The van der Waals surface area contributed by atoms with Gasteiger partial charge in [-0.3, -0.25) is 4.72 Å². The molecule has 0 bridgehead atoms. The van der Waals surface area contributed by atoms with E-state index in [1.165, 1.54) is 17.5 Å². The Morgan fingerprint density at radius 2 is 2.21 bits per heavy atom. The monoisotopic (exact) mass is 314 g/mol. The van der Waals surface area contributed by atoms with Crippen LogP contribution in [-0.4, -0.2) is 25.1 Å². The molecule has 2 rings (SSSR count). The van der Waals surface area contributed by atoms with E-state index in [0.717, 1.165) is 16.2 Å². The molecule has 0 aliphatic heterocycles. The molecule has 0 saturated heterocycles. The molecule has 0 aliphatic rings. The number of anilines is 1. The largest absolute Gasteiger partial charge is 0.384 e. The van der Waals surface area contributed by atoms with Crippen molar-refractivity contribution in [1.29, 1.82) is 0 Å². The summed E-state index contributed by atoms with van der Waals surface area (Å²) in [6.07, 6.45) is 1.46. The van der Waals surface area contributed by atoms with Crippen LogP contribution in [0, 0.1) is 18.8 Å². The van der Waals surface area contributed by atoms with Crippen molar-refractivity contribution in [1.82, 2.24) is 4.98 Å². The third-order valence-electron chi connectivity index (χ3n) is 2.00. The fraction of sp³-hybridized carbons (Fsp3) is 0.182. The summed E-state index contributed by atoms with van der Waals surface area (Å²) in [6, 6.07) is 3.31. The van der Waals surface area contributed by atoms with Crippen LogP contribution < -0.4 is 4.72 Å². The van der Waals surface area contributed by atoms with Crippen molar-refractivity contribution in [3.05, 3.63) is 28.1 Å². The number of aliphatic hydroxyl groups is 1. The third kappa shape index (κ3) is 3.54. The average Bonchev–Trinajstić information content (AvgIpc) is 2.95. The molecule has 0 unspecified atom stereocenters. The maximum atomic E-state index is 12.0. The van der Waals surface area contributed by atoms with E-state index >= 15 is 0 Å². The summed E-state index contributed by atoms with van der Waals surface area (Å²) < 4.78 is 26.7. The van der Waals surface area contributed by atoms with Crippen LogP contribution in [0.4, 0.5) is 5.13 Å². The molecule has 2 heterocycles. The van der Waals surface area contributed by atoms with Gasteiger partial charge in [-0.2, -0.15) is 0 Å². The Balaban J connectivity index is 2.19. The number of hydrogen-bond acceptors (Lipinski definition) is 6. The van der Waals surface area contributed by atoms with Crippen molar-refractivity contribution in [2.75, 3.05) is 11.3 Å². The van der Waals surface area contributed by atoms with E-state index in [4.69, 9.17) is 5.11 Å². The summed E-state index contributed by atoms with van der Waals surface area (Å²) in [4.78, 5) is 5.45. The summed E-state index contributed by atoms with van der Waals surface area (Å²) >= 11 is 2.32. The van der Waals surface area contributed by atoms with Crippen molar-refractivity contribution in [3.63, 3.8) is 0 Å². The van der Waals surface area contributed by atoms with E-state index in [-0.39, 0.29) is 15.9 Å². The lowest BCUT2D eigenvalue weighted by molar-refractivity contribution is 0.350. The molecule has 0 atom stereocenters. The van der Waals surface area contributed by atoms with Crippen LogP contribution in [0.5, 0.6) is 0 Å². The Kier molecular flexibility index (Phi) is 4.21. The fourth-order valence-corrected chi connectivity index (χ4v) is 4.44. The molecule has 0 saturated carbocycles. The molecule has 100 valence electrons. The van der Waals surface area contributed by atoms with Crippen LogP contribution in [0.25, 0.3) is 0 Å². The minimum Gasteiger partial charge on any atom is -0.384 e. The normalized spacial score (nSPS) is 10.8. The zero-order valence-electron chi connectivity index (χ0n) is 9.87. The summed E-state index contributed by atoms with van der Waals surface area (Å²) in [5.41, 5.74) is 0. The van der Waals surface area contributed by atoms with E-state index in [2.05, 4.69) is 21.5 Å². The fourth-order valence-electron chi connectivity index (χ4n) is 1.23. The number of hydrogen-bond donors (Lipinski definition) is 2. The van der Waals surface area contributed by atoms with E-state index < -0.39 is 10.0 Å². The Morgan fingerprint density at radius 3 is 2.84 bits per heavy atom. The molecule has 2 aromatic rings. The van der Waals surface area contributed by atoms with Crippen LogP contribution >= 0.6 is 22.7 Å². The maximum Gasteiger partial charge on any atom is 0.273 e. The number of thiazole rings is 1. The van der Waals surface area contributed by atoms with Crippen molar-refractivity contribution < 1.29 is 13.5 Å². The molecule has 0 amide bonds. The number of sulfonamides is 1. The number of rotatable bonds is 3. The van der Waals surface area contributed by atoms with Crippen molar-refractivity contribution in [2.45, 2.75) is 11.1 Å². The standard InChI is InChI=1S/C11H10N2O3S3/c1-8-4-5-10(17-8)19(15,16)13-11-12-7-9(18-11)3-2-6-14/h4-5,7,14H,6H2,1H3,(H,12,13). The Morgan fingerprint density at radius 1 is 1.42 bits per heavy atom. The van der Waals surface area contributed by atoms with Crippen LogP contribution in [0.2, 0.25) is 0 Å². The first kappa shape index (κ1) is 14.0. The predicted molar refractivity (Wildman–Crippen MR) is 75.9 cm³/mol. The second kappa shape index (κ2) is 5.71. The van der Waals surface area contributed by atoms with Gasteiger partial charge in [0.25, 0.3) is 10.0 Å². The molecule has 0 fully saturated rings. The first-order chi connectivity index (χ1) is 9.01. The highest BCUT2D eigenvalue weighted by molar-refractivity contribution is 7.94. The Hall–Kier alpha value is -1.40. The van der Waals surface area contributed by atoms with Gasteiger partial charge in [-0.25, -0.2) is 13.4 Å². The Bertz CT molecular complexity index is 735. The number of nitrogens with one attached hydrogen (secondary N) is 1. The van der Waals surface area contributed by atoms with Gasteiger partial charge in [0, 0.05) is 4.88 Å². The highest BCUT2D eigenvalue weighted by atomic mass is 32.2. The molecule has 8 heteroatoms. The first-order valence-electron chi connectivity index (χ1n) is 5.16. The van der Waals surface area contributed by atoms with Gasteiger partial charge in [0.05, 0.1) is 11.1 Å². The number of nitrogens with zero attached hydrogens (tertiary/aromatic N) is 1. The van der Waals surface area contributed by atoms with Gasteiger partial charge in [-0.15, -0.1) is 11.3 Å². The van der Waals surface area contributed by atoms with Gasteiger partial charge in [-0.05, 0) is 19.1 Å². The third-order valence-corrected chi connectivity index (χ3v) is 5.79. The minimum atomic E-state index is -3.58. The zero-order valence-corrected chi connectivity index (χ0v) is 12.3. The minimum absolute atomic E-state index is 0.243. The molecule has 0 aliphatic carbocycles. The van der Waals surface area contributed by atoms with E-state index in [0.29, 0.717) is 4.88 Å². The summed E-state index contributed by atoms with van der Waals surface area (Å²) in [5.74, 6) is 5.14. The number of aryl methyl sites for hydroxylation is 1. The lowest BCUT2D eigenvalue weighted by Gasteiger charge is -2.01. The van der Waals surface area contributed by atoms with Gasteiger partial charge in [0.1, 0.15) is 10.8 Å². The van der Waals surface area contributed by atoms with E-state index in [1.54, 1.807) is 12.1 Å². The van der Waals surface area contributed by atoms with E-state index in [9.17, 15) is 8.42 Å². The molecule has 2 N–H and O–H groups in total. The van der Waals surface area contributed by atoms with Crippen LogP contribution in [0.3, 0.4) is 0 Å². The lowest BCUT2D eigenvalue weighted by atomic mass is 10.5. The van der Waals surface area contributed by atoms with Crippen LogP contribution in [0.15, 0.2) is 22.5 Å². The van der Waals surface area contributed by atoms with Crippen LogP contribution in [0.1, 0.15) is 9.75 Å². The molecule has 0 aromatic carbocycles. The lowest BCUT2D eigenvalue weighted by Crippen LogP contribution is -2.10. The zero-order chi connectivity index (χ0) is 13.9. The van der Waals surface area contributed by atoms with Gasteiger partial charge in [0.15, 0.2) is 5.13 Å². The second-order valence-corrected chi connectivity index (χ2v) is 7.69. The van der Waals surface area contributed by atoms with Crippen molar-refractivity contribution >= 4 is 37.8 Å². The maximum absolute atomic E-state index is 12.0. The highest BCUT2D eigenvalue weighted by Gasteiger charge is 2.17. The second-order valence-electron chi connectivity index (χ2n) is 3.46. The smallest absolute Gasteiger partial charge is 0.273 e. The van der Waals surface area contributed by atoms with Gasteiger partial charge < -0.3 is 5.11 Å². The summed E-state index contributed by atoms with van der Waals surface area (Å²) in [6.45, 7) is 1.60. The molecule has 5 nitrogen and oxygen atoms in total. The highest BCUT2D eigenvalue weighted by Crippen LogP contribution is 2.25. The quantitative estimate of drug-likeness (QED) is 0.845. The summed E-state index contributed by atoms with van der Waals surface area (Å²) in [5, 5.41) is 8.83. The number of aromatic nitrogens is 1. The molecular weight excluding hydrogens is 304 g/mol. The molecule has 2 aromatic heterocycles. The molecule has 0 radical (unpaired) electrons. The molecule has 0 spiro atoms. The van der Waals surface area contributed by atoms with Gasteiger partial charge in [-0.1, -0.05) is 23.2 Å². The molecular formula is C11H10N2O3S3. The number of thiophene rings is 1. The van der Waals surface area contributed by atoms with Crippen molar-refractivity contribution in [3.8, 4) is 11.8 Å². The first-order valence-corrected chi connectivity index (χ1v) is 8.28. The number of aliphatic hydroxyl groups excluding tert-OH is 1. The average molecular weight is 314 g/mol. The summed E-state index contributed by atoms with van der Waals surface area (Å²) in [7, 11) is -3.58. The van der Waals surface area contributed by atoms with Crippen molar-refractivity contribution in [2.24, 2.45) is 0 Å².